The second kappa shape index (κ2) is 8.15. The summed E-state index contributed by atoms with van der Waals surface area (Å²) < 4.78 is 37.6. The number of aromatic nitrogens is 2. The Balaban J connectivity index is 1.59. The Morgan fingerprint density at radius 1 is 1.12 bits per heavy atom. The Labute approximate surface area is 153 Å². The standard InChI is InChI=1S/C17H24N4O4S/c1-3-17-18-16(19-25-17)13-20-9-11-21(12-10-20)26(22,23)15-7-5-14(6-8-15)24-4-2/h5-8H,3-4,9-13H2,1-2H3. The highest BCUT2D eigenvalue weighted by molar-refractivity contribution is 7.89. The number of sulfonamides is 1. The Bertz CT molecular complexity index is 812. The summed E-state index contributed by atoms with van der Waals surface area (Å²) >= 11 is 0. The van der Waals surface area contributed by atoms with Gasteiger partial charge in [0.1, 0.15) is 5.75 Å². The highest BCUT2D eigenvalue weighted by Gasteiger charge is 2.29. The zero-order chi connectivity index (χ0) is 18.6. The Morgan fingerprint density at radius 3 is 2.38 bits per heavy atom. The van der Waals surface area contributed by atoms with Gasteiger partial charge in [0.25, 0.3) is 0 Å². The van der Waals surface area contributed by atoms with Crippen molar-refractivity contribution < 1.29 is 17.7 Å². The van der Waals surface area contributed by atoms with Crippen LogP contribution in [0.3, 0.4) is 0 Å². The molecule has 1 fully saturated rings. The molecule has 9 heteroatoms. The number of piperazine rings is 1. The van der Waals surface area contributed by atoms with E-state index in [1.165, 1.54) is 4.31 Å². The maximum Gasteiger partial charge on any atom is 0.243 e. The third-order valence-corrected chi connectivity index (χ3v) is 6.19. The Kier molecular flexibility index (Phi) is 5.90. The smallest absolute Gasteiger partial charge is 0.243 e. The molecule has 2 aromatic rings. The van der Waals surface area contributed by atoms with Crippen LogP contribution in [-0.2, 0) is 23.0 Å². The fourth-order valence-electron chi connectivity index (χ4n) is 2.85. The van der Waals surface area contributed by atoms with Crippen molar-refractivity contribution in [3.8, 4) is 5.75 Å². The predicted octanol–water partition coefficient (Wildman–Crippen LogP) is 1.54. The van der Waals surface area contributed by atoms with Gasteiger partial charge in [-0.1, -0.05) is 12.1 Å². The molecule has 1 aliphatic rings. The van der Waals surface area contributed by atoms with Crippen LogP contribution in [-0.4, -0.2) is 60.5 Å². The van der Waals surface area contributed by atoms with Gasteiger partial charge in [0.2, 0.25) is 15.9 Å². The molecule has 0 bridgehead atoms. The predicted molar refractivity (Wildman–Crippen MR) is 95.3 cm³/mol. The number of hydrogen-bond donors (Lipinski definition) is 0. The SMILES string of the molecule is CCOc1ccc(S(=O)(=O)N2CCN(Cc3noc(CC)n3)CC2)cc1. The molecule has 0 atom stereocenters. The van der Waals surface area contributed by atoms with E-state index in [4.69, 9.17) is 9.26 Å². The van der Waals surface area contributed by atoms with E-state index in [1.807, 2.05) is 13.8 Å². The van der Waals surface area contributed by atoms with E-state index in [0.717, 1.165) is 0 Å². The van der Waals surface area contributed by atoms with Crippen molar-refractivity contribution in [3.05, 3.63) is 36.0 Å². The molecule has 0 radical (unpaired) electrons. The number of aryl methyl sites for hydroxylation is 1. The van der Waals surface area contributed by atoms with E-state index in [-0.39, 0.29) is 0 Å². The van der Waals surface area contributed by atoms with Gasteiger partial charge in [-0.25, -0.2) is 8.42 Å². The van der Waals surface area contributed by atoms with E-state index in [2.05, 4.69) is 15.0 Å². The lowest BCUT2D eigenvalue weighted by Crippen LogP contribution is -2.48. The van der Waals surface area contributed by atoms with E-state index in [9.17, 15) is 8.42 Å². The number of hydrogen-bond acceptors (Lipinski definition) is 7. The van der Waals surface area contributed by atoms with Crippen LogP contribution in [0.4, 0.5) is 0 Å². The van der Waals surface area contributed by atoms with Gasteiger partial charge < -0.3 is 9.26 Å². The average molecular weight is 380 g/mol. The Hall–Kier alpha value is -1.97. The third-order valence-electron chi connectivity index (χ3n) is 4.28. The van der Waals surface area contributed by atoms with Crippen molar-refractivity contribution >= 4 is 10.0 Å². The number of nitrogens with zero attached hydrogens (tertiary/aromatic N) is 4. The van der Waals surface area contributed by atoms with Crippen LogP contribution in [0, 0.1) is 0 Å². The molecule has 8 nitrogen and oxygen atoms in total. The minimum Gasteiger partial charge on any atom is -0.494 e. The molecule has 0 saturated carbocycles. The van der Waals surface area contributed by atoms with Gasteiger partial charge in [0.15, 0.2) is 5.82 Å². The van der Waals surface area contributed by atoms with Crippen LogP contribution in [0.15, 0.2) is 33.7 Å². The molecule has 1 saturated heterocycles. The highest BCUT2D eigenvalue weighted by Crippen LogP contribution is 2.21. The van der Waals surface area contributed by atoms with Crippen molar-refractivity contribution in [3.63, 3.8) is 0 Å². The van der Waals surface area contributed by atoms with E-state index >= 15 is 0 Å². The lowest BCUT2D eigenvalue weighted by molar-refractivity contribution is 0.176. The van der Waals surface area contributed by atoms with Crippen LogP contribution in [0.2, 0.25) is 0 Å². The topological polar surface area (TPSA) is 88.8 Å². The van der Waals surface area contributed by atoms with Crippen LogP contribution < -0.4 is 4.74 Å². The number of benzene rings is 1. The molecule has 1 aromatic carbocycles. The summed E-state index contributed by atoms with van der Waals surface area (Å²) in [5.41, 5.74) is 0. The second-order valence-electron chi connectivity index (χ2n) is 6.04. The van der Waals surface area contributed by atoms with Gasteiger partial charge >= 0.3 is 0 Å². The molecule has 26 heavy (non-hydrogen) atoms. The van der Waals surface area contributed by atoms with Crippen LogP contribution >= 0.6 is 0 Å². The van der Waals surface area contributed by atoms with Gasteiger partial charge in [0, 0.05) is 32.6 Å². The lowest BCUT2D eigenvalue weighted by atomic mass is 10.3. The number of ether oxygens (including phenoxy) is 1. The molecule has 3 rings (SSSR count). The molecule has 0 amide bonds. The number of rotatable bonds is 7. The molecule has 0 unspecified atom stereocenters. The van der Waals surface area contributed by atoms with Gasteiger partial charge in [-0.3, -0.25) is 4.90 Å². The van der Waals surface area contributed by atoms with E-state index in [1.54, 1.807) is 24.3 Å². The average Bonchev–Trinajstić information content (AvgIpc) is 3.10. The van der Waals surface area contributed by atoms with Crippen molar-refractivity contribution in [1.82, 2.24) is 19.3 Å². The molecule has 0 spiro atoms. The van der Waals surface area contributed by atoms with Crippen LogP contribution in [0.1, 0.15) is 25.6 Å². The zero-order valence-electron chi connectivity index (χ0n) is 15.1. The van der Waals surface area contributed by atoms with Gasteiger partial charge in [0.05, 0.1) is 18.0 Å². The molecule has 1 aliphatic heterocycles. The normalized spacial score (nSPS) is 16.7. The van der Waals surface area contributed by atoms with Crippen LogP contribution in [0.25, 0.3) is 0 Å². The fraction of sp³-hybridized carbons (Fsp3) is 0.529. The van der Waals surface area contributed by atoms with Gasteiger partial charge in [-0.15, -0.1) is 0 Å². The van der Waals surface area contributed by atoms with E-state index in [0.29, 0.717) is 68.1 Å². The van der Waals surface area contributed by atoms with Crippen molar-refractivity contribution in [2.45, 2.75) is 31.7 Å². The fourth-order valence-corrected chi connectivity index (χ4v) is 4.27. The summed E-state index contributed by atoms with van der Waals surface area (Å²) in [7, 11) is -3.49. The maximum atomic E-state index is 12.8. The van der Waals surface area contributed by atoms with Crippen molar-refractivity contribution in [2.75, 3.05) is 32.8 Å². The molecule has 1 aromatic heterocycles. The second-order valence-corrected chi connectivity index (χ2v) is 7.98. The van der Waals surface area contributed by atoms with Crippen LogP contribution in [0.5, 0.6) is 5.75 Å². The minimum absolute atomic E-state index is 0.292. The first kappa shape index (κ1) is 18.8. The molecule has 142 valence electrons. The summed E-state index contributed by atoms with van der Waals surface area (Å²) in [5, 5.41) is 3.95. The van der Waals surface area contributed by atoms with E-state index < -0.39 is 10.0 Å². The summed E-state index contributed by atoms with van der Waals surface area (Å²) in [5.74, 6) is 1.93. The Morgan fingerprint density at radius 2 is 1.81 bits per heavy atom. The molecule has 0 N–H and O–H groups in total. The maximum absolute atomic E-state index is 12.8. The highest BCUT2D eigenvalue weighted by atomic mass is 32.2. The van der Waals surface area contributed by atoms with Gasteiger partial charge in [-0.05, 0) is 31.2 Å². The summed E-state index contributed by atoms with van der Waals surface area (Å²) in [6.07, 6.45) is 0.709. The molecule has 0 aliphatic carbocycles. The lowest BCUT2D eigenvalue weighted by Gasteiger charge is -2.33. The van der Waals surface area contributed by atoms with Crippen molar-refractivity contribution in [2.24, 2.45) is 0 Å². The molecule has 2 heterocycles. The monoisotopic (exact) mass is 380 g/mol. The first-order valence-electron chi connectivity index (χ1n) is 8.79. The summed E-state index contributed by atoms with van der Waals surface area (Å²) in [6.45, 7) is 7.11. The molecular weight excluding hydrogens is 356 g/mol. The first-order valence-corrected chi connectivity index (χ1v) is 10.2. The zero-order valence-corrected chi connectivity index (χ0v) is 15.9. The summed E-state index contributed by atoms with van der Waals surface area (Å²) in [4.78, 5) is 6.72. The minimum atomic E-state index is -3.49. The third kappa shape index (κ3) is 4.22. The van der Waals surface area contributed by atoms with Crippen molar-refractivity contribution in [1.29, 1.82) is 0 Å². The largest absolute Gasteiger partial charge is 0.494 e. The first-order chi connectivity index (χ1) is 12.5. The molecular formula is C17H24N4O4S. The quantitative estimate of drug-likeness (QED) is 0.720. The van der Waals surface area contributed by atoms with Gasteiger partial charge in [-0.2, -0.15) is 9.29 Å². The summed E-state index contributed by atoms with van der Waals surface area (Å²) in [6, 6.07) is 6.57.